The first kappa shape index (κ1) is 16.5. The Bertz CT molecular complexity index is 456. The molecule has 1 N–H and O–H groups in total. The van der Waals surface area contributed by atoms with Crippen LogP contribution in [0.4, 0.5) is 18.9 Å². The molecule has 1 aliphatic heterocycles. The number of nitrogens with one attached hydrogen (secondary N) is 1. The number of para-hydroxylation sites is 1. The SMILES string of the molecule is CC(Nc1ccccc1SC(F)(F)F)C1CCN(C)CC1. The Kier molecular flexibility index (Phi) is 5.43. The molecule has 2 rings (SSSR count). The van der Waals surface area contributed by atoms with Crippen LogP contribution < -0.4 is 5.32 Å². The maximum Gasteiger partial charge on any atom is 0.446 e. The van der Waals surface area contributed by atoms with Gasteiger partial charge in [0.2, 0.25) is 0 Å². The molecule has 1 aliphatic rings. The van der Waals surface area contributed by atoms with E-state index in [9.17, 15) is 13.2 Å². The number of alkyl halides is 3. The van der Waals surface area contributed by atoms with E-state index in [1.807, 2.05) is 0 Å². The Morgan fingerprint density at radius 3 is 2.48 bits per heavy atom. The van der Waals surface area contributed by atoms with E-state index in [4.69, 9.17) is 0 Å². The molecule has 0 amide bonds. The predicted molar refractivity (Wildman–Crippen MR) is 81.7 cm³/mol. The second-order valence-electron chi connectivity index (χ2n) is 5.62. The number of benzene rings is 1. The van der Waals surface area contributed by atoms with Crippen LogP contribution in [-0.4, -0.2) is 36.6 Å². The number of thioether (sulfide) groups is 1. The molecule has 1 atom stereocenters. The van der Waals surface area contributed by atoms with Crippen molar-refractivity contribution in [2.45, 2.75) is 36.2 Å². The quantitative estimate of drug-likeness (QED) is 0.826. The van der Waals surface area contributed by atoms with Gasteiger partial charge in [-0.05, 0) is 69.7 Å². The summed E-state index contributed by atoms with van der Waals surface area (Å²) in [5.74, 6) is 0.505. The third-order valence-electron chi connectivity index (χ3n) is 3.97. The molecule has 0 spiro atoms. The van der Waals surface area contributed by atoms with Gasteiger partial charge in [-0.25, -0.2) is 0 Å². The fourth-order valence-electron chi connectivity index (χ4n) is 2.69. The first-order chi connectivity index (χ1) is 9.85. The van der Waals surface area contributed by atoms with Gasteiger partial charge in [-0.2, -0.15) is 13.2 Å². The lowest BCUT2D eigenvalue weighted by atomic mass is 9.90. The fourth-order valence-corrected chi connectivity index (χ4v) is 3.32. The number of nitrogens with zero attached hydrogens (tertiary/aromatic N) is 1. The van der Waals surface area contributed by atoms with Crippen molar-refractivity contribution in [2.75, 3.05) is 25.5 Å². The largest absolute Gasteiger partial charge is 0.446 e. The Labute approximate surface area is 128 Å². The molecule has 0 saturated carbocycles. The van der Waals surface area contributed by atoms with Crippen molar-refractivity contribution in [2.24, 2.45) is 5.92 Å². The van der Waals surface area contributed by atoms with E-state index in [1.54, 1.807) is 18.2 Å². The lowest BCUT2D eigenvalue weighted by molar-refractivity contribution is -0.0327. The Balaban J connectivity index is 2.02. The van der Waals surface area contributed by atoms with Crippen LogP contribution in [0.1, 0.15) is 19.8 Å². The molecule has 0 radical (unpaired) electrons. The highest BCUT2D eigenvalue weighted by Gasteiger charge is 2.31. The first-order valence-corrected chi connectivity index (χ1v) is 7.96. The lowest BCUT2D eigenvalue weighted by Gasteiger charge is -2.33. The molecule has 1 unspecified atom stereocenters. The molecule has 118 valence electrons. The summed E-state index contributed by atoms with van der Waals surface area (Å²) in [4.78, 5) is 2.53. The summed E-state index contributed by atoms with van der Waals surface area (Å²) < 4.78 is 37.8. The van der Waals surface area contributed by atoms with Crippen molar-refractivity contribution in [3.63, 3.8) is 0 Å². The molecule has 0 aromatic heterocycles. The molecule has 6 heteroatoms. The van der Waals surface area contributed by atoms with Crippen LogP contribution in [0.15, 0.2) is 29.2 Å². The molecule has 1 saturated heterocycles. The summed E-state index contributed by atoms with van der Waals surface area (Å²) in [5, 5.41) is 3.28. The smallest absolute Gasteiger partial charge is 0.381 e. The van der Waals surface area contributed by atoms with Gasteiger partial charge in [-0.3, -0.25) is 0 Å². The van der Waals surface area contributed by atoms with Gasteiger partial charge < -0.3 is 10.2 Å². The van der Waals surface area contributed by atoms with E-state index in [0.29, 0.717) is 11.6 Å². The van der Waals surface area contributed by atoms with E-state index in [-0.39, 0.29) is 22.7 Å². The summed E-state index contributed by atoms with van der Waals surface area (Å²) in [6, 6.07) is 6.82. The van der Waals surface area contributed by atoms with E-state index in [1.165, 1.54) is 6.07 Å². The van der Waals surface area contributed by atoms with Crippen LogP contribution in [0, 0.1) is 5.92 Å². The second-order valence-corrected chi connectivity index (χ2v) is 6.72. The zero-order valence-corrected chi connectivity index (χ0v) is 13.1. The van der Waals surface area contributed by atoms with Crippen molar-refractivity contribution in [1.29, 1.82) is 0 Å². The minimum atomic E-state index is -4.26. The third-order valence-corrected chi connectivity index (χ3v) is 4.77. The van der Waals surface area contributed by atoms with Crippen molar-refractivity contribution < 1.29 is 13.2 Å². The van der Waals surface area contributed by atoms with E-state index < -0.39 is 5.51 Å². The molecular formula is C15H21F3N2S. The summed E-state index contributed by atoms with van der Waals surface area (Å²) in [5.41, 5.74) is -3.68. The second kappa shape index (κ2) is 6.92. The number of hydrogen-bond acceptors (Lipinski definition) is 3. The molecule has 2 nitrogen and oxygen atoms in total. The van der Waals surface area contributed by atoms with Gasteiger partial charge in [0.15, 0.2) is 0 Å². The number of piperidine rings is 1. The molecular weight excluding hydrogens is 297 g/mol. The zero-order valence-electron chi connectivity index (χ0n) is 12.3. The monoisotopic (exact) mass is 318 g/mol. The van der Waals surface area contributed by atoms with Gasteiger partial charge >= 0.3 is 5.51 Å². The van der Waals surface area contributed by atoms with Gasteiger partial charge in [-0.15, -0.1) is 0 Å². The number of anilines is 1. The van der Waals surface area contributed by atoms with Crippen LogP contribution in [0.25, 0.3) is 0 Å². The summed E-state index contributed by atoms with van der Waals surface area (Å²) in [6.07, 6.45) is 2.17. The summed E-state index contributed by atoms with van der Waals surface area (Å²) in [6.45, 7) is 4.16. The van der Waals surface area contributed by atoms with E-state index in [2.05, 4.69) is 24.2 Å². The van der Waals surface area contributed by atoms with Crippen LogP contribution in [0.5, 0.6) is 0 Å². The highest BCUT2D eigenvalue weighted by Crippen LogP contribution is 2.40. The lowest BCUT2D eigenvalue weighted by Crippen LogP contribution is -2.37. The standard InChI is InChI=1S/C15H21F3N2S/c1-11(12-7-9-20(2)10-8-12)19-13-5-3-4-6-14(13)21-15(16,17)18/h3-6,11-12,19H,7-10H2,1-2H3. The normalized spacial score (nSPS) is 19.5. The van der Waals surface area contributed by atoms with Crippen molar-refractivity contribution in [3.05, 3.63) is 24.3 Å². The Hall–Kier alpha value is -0.880. The molecule has 21 heavy (non-hydrogen) atoms. The highest BCUT2D eigenvalue weighted by atomic mass is 32.2. The highest BCUT2D eigenvalue weighted by molar-refractivity contribution is 8.00. The van der Waals surface area contributed by atoms with Crippen LogP contribution in [-0.2, 0) is 0 Å². The maximum atomic E-state index is 12.6. The minimum absolute atomic E-state index is 0.0543. The summed E-state index contributed by atoms with van der Waals surface area (Å²) in [7, 11) is 2.10. The van der Waals surface area contributed by atoms with E-state index in [0.717, 1.165) is 25.9 Å². The third kappa shape index (κ3) is 5.11. The van der Waals surface area contributed by atoms with Gasteiger partial charge in [-0.1, -0.05) is 12.1 Å². The minimum Gasteiger partial charge on any atom is -0.381 e. The molecule has 0 bridgehead atoms. The van der Waals surface area contributed by atoms with Crippen molar-refractivity contribution in [1.82, 2.24) is 4.90 Å². The average Bonchev–Trinajstić information content (AvgIpc) is 2.40. The zero-order chi connectivity index (χ0) is 15.5. The number of likely N-dealkylation sites (tertiary alicyclic amines) is 1. The summed E-state index contributed by atoms with van der Waals surface area (Å²) >= 11 is -0.0543. The van der Waals surface area contributed by atoms with Crippen LogP contribution in [0.2, 0.25) is 0 Å². The first-order valence-electron chi connectivity index (χ1n) is 7.15. The molecule has 1 heterocycles. The molecule has 1 aromatic rings. The van der Waals surface area contributed by atoms with Crippen molar-refractivity contribution >= 4 is 17.4 Å². The predicted octanol–water partition coefficient (Wildman–Crippen LogP) is 4.44. The van der Waals surface area contributed by atoms with Gasteiger partial charge in [0.1, 0.15) is 0 Å². The Morgan fingerprint density at radius 1 is 1.24 bits per heavy atom. The van der Waals surface area contributed by atoms with Gasteiger partial charge in [0.05, 0.1) is 0 Å². The fraction of sp³-hybridized carbons (Fsp3) is 0.600. The number of hydrogen-bond donors (Lipinski definition) is 1. The van der Waals surface area contributed by atoms with E-state index >= 15 is 0 Å². The topological polar surface area (TPSA) is 15.3 Å². The van der Waals surface area contributed by atoms with Gasteiger partial charge in [0.25, 0.3) is 0 Å². The van der Waals surface area contributed by atoms with Gasteiger partial charge in [0, 0.05) is 16.6 Å². The molecule has 0 aliphatic carbocycles. The van der Waals surface area contributed by atoms with Crippen LogP contribution >= 0.6 is 11.8 Å². The average molecular weight is 318 g/mol. The maximum absolute atomic E-state index is 12.6. The Morgan fingerprint density at radius 2 is 1.86 bits per heavy atom. The molecule has 1 fully saturated rings. The molecule has 1 aromatic carbocycles. The van der Waals surface area contributed by atoms with Crippen molar-refractivity contribution in [3.8, 4) is 0 Å². The number of rotatable bonds is 4. The van der Waals surface area contributed by atoms with Crippen LogP contribution in [0.3, 0.4) is 0 Å². The number of halogens is 3.